The van der Waals surface area contributed by atoms with E-state index in [9.17, 15) is 31.2 Å². The van der Waals surface area contributed by atoms with Gasteiger partial charge in [-0.2, -0.15) is 13.2 Å². The van der Waals surface area contributed by atoms with E-state index in [1.54, 1.807) is 39.0 Å². The van der Waals surface area contributed by atoms with E-state index in [4.69, 9.17) is 16.3 Å². The van der Waals surface area contributed by atoms with Crippen molar-refractivity contribution in [2.45, 2.75) is 64.9 Å². The number of hydrogen-bond acceptors (Lipinski definition) is 6. The molecule has 1 heterocycles. The van der Waals surface area contributed by atoms with E-state index >= 15 is 0 Å². The van der Waals surface area contributed by atoms with E-state index in [-0.39, 0.29) is 17.9 Å². The van der Waals surface area contributed by atoms with Crippen molar-refractivity contribution in [3.05, 3.63) is 69.7 Å². The van der Waals surface area contributed by atoms with Crippen LogP contribution in [-0.2, 0) is 33.9 Å². The zero-order valence-electron chi connectivity index (χ0n) is 24.3. The number of amides is 2. The summed E-state index contributed by atoms with van der Waals surface area (Å²) in [5.41, 5.74) is -2.01. The monoisotopic (exact) mass is 631 g/mol. The Bertz CT molecular complexity index is 1390. The van der Waals surface area contributed by atoms with Crippen LogP contribution in [0.3, 0.4) is 0 Å². The predicted octanol–water partition coefficient (Wildman–Crippen LogP) is 5.74. The van der Waals surface area contributed by atoms with E-state index in [0.717, 1.165) is 0 Å². The average Bonchev–Trinajstić information content (AvgIpc) is 3.43. The van der Waals surface area contributed by atoms with Gasteiger partial charge in [0.25, 0.3) is 5.91 Å². The molecule has 2 aromatic carbocycles. The lowest BCUT2D eigenvalue weighted by Crippen LogP contribution is -2.46. The highest BCUT2D eigenvalue weighted by molar-refractivity contribution is 7.89. The van der Waals surface area contributed by atoms with Crippen LogP contribution in [0.1, 0.15) is 61.2 Å². The lowest BCUT2D eigenvalue weighted by molar-refractivity contribution is -0.138. The van der Waals surface area contributed by atoms with Gasteiger partial charge in [0, 0.05) is 23.7 Å². The lowest BCUT2D eigenvalue weighted by atomic mass is 9.89. The fraction of sp³-hybridized carbons (Fsp3) is 0.517. The van der Waals surface area contributed by atoms with Crippen LogP contribution in [0.5, 0.6) is 0 Å². The Kier molecular flexibility index (Phi) is 10.6. The van der Waals surface area contributed by atoms with Gasteiger partial charge in [-0.1, -0.05) is 29.8 Å². The first-order chi connectivity index (χ1) is 19.4. The molecule has 1 aliphatic rings. The molecule has 0 radical (unpaired) electrons. The Morgan fingerprint density at radius 2 is 1.83 bits per heavy atom. The molecule has 1 unspecified atom stereocenters. The van der Waals surface area contributed by atoms with Crippen LogP contribution in [-0.4, -0.2) is 67.2 Å². The fourth-order valence-corrected chi connectivity index (χ4v) is 6.10. The third-order valence-corrected chi connectivity index (χ3v) is 8.99. The number of nitrogens with zero attached hydrogens (tertiary/aromatic N) is 2. The first-order valence-electron chi connectivity index (χ1n) is 13.6. The zero-order valence-corrected chi connectivity index (χ0v) is 25.9. The average molecular weight is 632 g/mol. The molecule has 13 heteroatoms. The number of nitrogens with one attached hydrogen (secondary N) is 1. The molecule has 0 saturated carbocycles. The van der Waals surface area contributed by atoms with Crippen molar-refractivity contribution in [1.82, 2.24) is 14.5 Å². The smallest absolute Gasteiger partial charge is 0.416 e. The van der Waals surface area contributed by atoms with Crippen LogP contribution in [0.25, 0.3) is 0 Å². The van der Waals surface area contributed by atoms with Crippen molar-refractivity contribution in [1.29, 1.82) is 0 Å². The van der Waals surface area contributed by atoms with Gasteiger partial charge in [-0.25, -0.2) is 17.5 Å². The lowest BCUT2D eigenvalue weighted by Gasteiger charge is -2.34. The first kappa shape index (κ1) is 33.7. The molecule has 0 aromatic heterocycles. The van der Waals surface area contributed by atoms with E-state index in [0.29, 0.717) is 40.5 Å². The predicted molar refractivity (Wildman–Crippen MR) is 155 cm³/mol. The molecule has 1 N–H and O–H groups in total. The largest absolute Gasteiger partial charge is 0.444 e. The number of carbonyl (C=O) groups excluding carboxylic acids is 2. The molecule has 1 aliphatic heterocycles. The molecule has 2 atom stereocenters. The minimum absolute atomic E-state index is 0.119. The summed E-state index contributed by atoms with van der Waals surface area (Å²) in [6.07, 6.45) is -4.99. The molecule has 0 spiro atoms. The highest BCUT2D eigenvalue weighted by Gasteiger charge is 2.39. The van der Waals surface area contributed by atoms with Crippen LogP contribution in [0.15, 0.2) is 42.5 Å². The summed E-state index contributed by atoms with van der Waals surface area (Å²) in [6.45, 7) is 7.25. The summed E-state index contributed by atoms with van der Waals surface area (Å²) in [5, 5.41) is 3.51. The van der Waals surface area contributed by atoms with Gasteiger partial charge in [0.2, 0.25) is 10.0 Å². The standard InChI is InChI=1S/C29H37ClF3N3O5S/c1-6-42(39,40)36(18-19-8-7-9-23(30)14-19)26(37)21-11-10-20(24(15-21)29(31,32)33)16-25(22-12-13-34-17-22)35(5)27(38)41-28(2,3)4/h7-11,14-15,22,25,34H,6,12-13,16-18H2,1-5H3/t22?,25-/m1/s1. The molecule has 2 aromatic rings. The number of alkyl halides is 3. The topological polar surface area (TPSA) is 96.0 Å². The molecular formula is C29H37ClF3N3O5S. The second-order valence-electron chi connectivity index (χ2n) is 11.3. The Balaban J connectivity index is 2.01. The third-order valence-electron chi connectivity index (χ3n) is 7.06. The van der Waals surface area contributed by atoms with Crippen LogP contribution in [0, 0.1) is 5.92 Å². The molecule has 232 valence electrons. The quantitative estimate of drug-likeness (QED) is 0.379. The molecule has 3 rings (SSSR count). The maximum atomic E-state index is 14.4. The second kappa shape index (κ2) is 13.2. The van der Waals surface area contributed by atoms with E-state index < -0.39 is 63.3 Å². The number of ether oxygens (including phenoxy) is 1. The van der Waals surface area contributed by atoms with Crippen LogP contribution in [0.2, 0.25) is 5.02 Å². The number of rotatable bonds is 9. The SMILES string of the molecule is CCS(=O)(=O)N(Cc1cccc(Cl)c1)C(=O)c1ccc(C[C@H](C2CCNC2)N(C)C(=O)OC(C)(C)C)c(C(F)(F)F)c1. The summed E-state index contributed by atoms with van der Waals surface area (Å²) < 4.78 is 75.1. The Labute approximate surface area is 250 Å². The molecule has 42 heavy (non-hydrogen) atoms. The van der Waals surface area contributed by atoms with Gasteiger partial charge in [0.05, 0.1) is 17.9 Å². The Morgan fingerprint density at radius 1 is 1.14 bits per heavy atom. The number of likely N-dealkylation sites (N-methyl/N-ethyl adjacent to an activating group) is 1. The van der Waals surface area contributed by atoms with Crippen LogP contribution >= 0.6 is 11.6 Å². The summed E-state index contributed by atoms with van der Waals surface area (Å²) in [6, 6.07) is 8.65. The summed E-state index contributed by atoms with van der Waals surface area (Å²) in [7, 11) is -2.64. The minimum atomic E-state index is -4.85. The van der Waals surface area contributed by atoms with Gasteiger partial charge in [0.15, 0.2) is 0 Å². The highest BCUT2D eigenvalue weighted by Crippen LogP contribution is 2.35. The molecule has 1 fully saturated rings. The summed E-state index contributed by atoms with van der Waals surface area (Å²) in [4.78, 5) is 27.7. The number of halogens is 4. The van der Waals surface area contributed by atoms with Gasteiger partial charge in [-0.3, -0.25) is 4.79 Å². The molecule has 8 nitrogen and oxygen atoms in total. The van der Waals surface area contributed by atoms with Crippen molar-refractivity contribution < 1.29 is 35.9 Å². The first-order valence-corrected chi connectivity index (χ1v) is 15.6. The fourth-order valence-electron chi connectivity index (χ4n) is 4.87. The maximum Gasteiger partial charge on any atom is 0.416 e. The Hall–Kier alpha value is -2.83. The molecule has 0 bridgehead atoms. The van der Waals surface area contributed by atoms with Crippen molar-refractivity contribution in [3.8, 4) is 0 Å². The van der Waals surface area contributed by atoms with Crippen molar-refractivity contribution in [2.24, 2.45) is 5.92 Å². The second-order valence-corrected chi connectivity index (χ2v) is 13.9. The molecular weight excluding hydrogens is 595 g/mol. The van der Waals surface area contributed by atoms with Crippen LogP contribution in [0.4, 0.5) is 18.0 Å². The van der Waals surface area contributed by atoms with E-state index in [2.05, 4.69) is 5.32 Å². The number of carbonyl (C=O) groups is 2. The van der Waals surface area contributed by atoms with E-state index in [1.165, 1.54) is 37.1 Å². The third kappa shape index (κ3) is 8.61. The van der Waals surface area contributed by atoms with Gasteiger partial charge < -0.3 is 15.0 Å². The number of hydrogen-bond donors (Lipinski definition) is 1. The molecule has 1 saturated heterocycles. The van der Waals surface area contributed by atoms with Gasteiger partial charge >= 0.3 is 12.3 Å². The summed E-state index contributed by atoms with van der Waals surface area (Å²) >= 11 is 6.01. The van der Waals surface area contributed by atoms with E-state index in [1.807, 2.05) is 0 Å². The van der Waals surface area contributed by atoms with Crippen molar-refractivity contribution >= 4 is 33.6 Å². The number of benzene rings is 2. The molecule has 2 amide bonds. The highest BCUT2D eigenvalue weighted by atomic mass is 35.5. The zero-order chi connectivity index (χ0) is 31.5. The van der Waals surface area contributed by atoms with Crippen LogP contribution < -0.4 is 5.32 Å². The normalized spacial score (nSPS) is 16.6. The van der Waals surface area contributed by atoms with Crippen molar-refractivity contribution in [2.75, 3.05) is 25.9 Å². The minimum Gasteiger partial charge on any atom is -0.444 e. The maximum absolute atomic E-state index is 14.4. The van der Waals surface area contributed by atoms with Gasteiger partial charge in [-0.15, -0.1) is 0 Å². The van der Waals surface area contributed by atoms with Gasteiger partial charge in [-0.05, 0) is 94.9 Å². The summed E-state index contributed by atoms with van der Waals surface area (Å²) in [5.74, 6) is -1.65. The van der Waals surface area contributed by atoms with Gasteiger partial charge in [0.1, 0.15) is 5.60 Å². The number of sulfonamides is 1. The van der Waals surface area contributed by atoms with Crippen molar-refractivity contribution in [3.63, 3.8) is 0 Å². The molecule has 0 aliphatic carbocycles. The Morgan fingerprint density at radius 3 is 2.38 bits per heavy atom.